The Bertz CT molecular complexity index is 929. The number of amides is 2. The maximum absolute atomic E-state index is 14.7. The first kappa shape index (κ1) is 19.1. The highest BCUT2D eigenvalue weighted by Gasteiger charge is 2.36. The topological polar surface area (TPSA) is 109 Å². The van der Waals surface area contributed by atoms with Crippen molar-refractivity contribution in [2.45, 2.75) is 25.0 Å². The van der Waals surface area contributed by atoms with Crippen LogP contribution in [0.4, 0.5) is 20.7 Å². The average Bonchev–Trinajstić information content (AvgIpc) is 3.11. The zero-order valence-corrected chi connectivity index (χ0v) is 15.6. The maximum Gasteiger partial charge on any atom is 0.415 e. The molecule has 3 heterocycles. The lowest BCUT2D eigenvalue weighted by Gasteiger charge is -2.30. The van der Waals surface area contributed by atoms with E-state index < -0.39 is 23.9 Å². The number of nitrogens with zero attached hydrogens (tertiary/aromatic N) is 3. The Morgan fingerprint density at radius 2 is 2.00 bits per heavy atom. The molecule has 0 spiro atoms. The Balaban J connectivity index is 1.51. The largest absolute Gasteiger partial charge is 0.434 e. The molecule has 4 rings (SSSR count). The van der Waals surface area contributed by atoms with Gasteiger partial charge in [0, 0.05) is 30.4 Å². The number of hydrogen-bond acceptors (Lipinski definition) is 6. The molecule has 0 bridgehead atoms. The van der Waals surface area contributed by atoms with Crippen molar-refractivity contribution in [2.75, 3.05) is 29.4 Å². The van der Waals surface area contributed by atoms with Crippen LogP contribution in [-0.2, 0) is 9.53 Å². The van der Waals surface area contributed by atoms with Crippen molar-refractivity contribution in [3.05, 3.63) is 42.3 Å². The number of piperidine rings is 1. The number of benzene rings is 1. The fourth-order valence-corrected chi connectivity index (χ4v) is 3.56. The van der Waals surface area contributed by atoms with Crippen LogP contribution in [0.3, 0.4) is 0 Å². The number of halogens is 1. The average molecular weight is 400 g/mol. The van der Waals surface area contributed by atoms with Gasteiger partial charge in [-0.05, 0) is 43.2 Å². The number of anilines is 2. The summed E-state index contributed by atoms with van der Waals surface area (Å²) in [5.41, 5.74) is 6.41. The summed E-state index contributed by atoms with van der Waals surface area (Å²) in [7, 11) is 0. The Morgan fingerprint density at radius 1 is 1.24 bits per heavy atom. The number of pyridine rings is 1. The lowest BCUT2D eigenvalue weighted by molar-refractivity contribution is -0.124. The van der Waals surface area contributed by atoms with Crippen LogP contribution in [0.25, 0.3) is 11.1 Å². The van der Waals surface area contributed by atoms with Gasteiger partial charge in [0.2, 0.25) is 0 Å². The molecule has 2 aliphatic rings. The number of aliphatic hydroxyl groups is 1. The van der Waals surface area contributed by atoms with Crippen LogP contribution in [0.15, 0.2) is 36.5 Å². The molecule has 1 atom stereocenters. The van der Waals surface area contributed by atoms with E-state index in [9.17, 15) is 19.1 Å². The van der Waals surface area contributed by atoms with E-state index in [1.807, 2.05) is 6.07 Å². The van der Waals surface area contributed by atoms with Crippen LogP contribution in [0.5, 0.6) is 0 Å². The van der Waals surface area contributed by atoms with E-state index in [0.29, 0.717) is 24.0 Å². The van der Waals surface area contributed by atoms with E-state index in [4.69, 9.17) is 10.5 Å². The lowest BCUT2D eigenvalue weighted by atomic mass is 10.1. The van der Waals surface area contributed by atoms with Gasteiger partial charge in [-0.25, -0.2) is 14.2 Å². The minimum Gasteiger partial charge on any atom is -0.434 e. The number of carbonyl (C=O) groups excluding carboxylic acids is 2. The summed E-state index contributed by atoms with van der Waals surface area (Å²) in [5, 5.41) is 9.61. The van der Waals surface area contributed by atoms with Crippen LogP contribution >= 0.6 is 0 Å². The fraction of sp³-hybridized carbons (Fsp3) is 0.350. The van der Waals surface area contributed by atoms with Gasteiger partial charge in [-0.15, -0.1) is 0 Å². The molecule has 0 radical (unpaired) electrons. The van der Waals surface area contributed by atoms with Gasteiger partial charge < -0.3 is 20.5 Å². The number of nitrogens with two attached hydrogens (primary N) is 1. The van der Waals surface area contributed by atoms with Crippen molar-refractivity contribution in [3.63, 3.8) is 0 Å². The van der Waals surface area contributed by atoms with E-state index in [0.717, 1.165) is 18.9 Å². The summed E-state index contributed by atoms with van der Waals surface area (Å²) in [5.74, 6) is -0.476. The fourth-order valence-electron chi connectivity index (χ4n) is 3.56. The number of rotatable bonds is 4. The van der Waals surface area contributed by atoms with Gasteiger partial charge in [-0.3, -0.25) is 9.69 Å². The number of aliphatic hydroxyl groups excluding tert-OH is 1. The smallest absolute Gasteiger partial charge is 0.415 e. The lowest BCUT2D eigenvalue weighted by Crippen LogP contribution is -2.36. The van der Waals surface area contributed by atoms with Crippen molar-refractivity contribution >= 4 is 23.5 Å². The number of primary amides is 1. The molecule has 3 N–H and O–H groups in total. The molecule has 1 aromatic heterocycles. The molecule has 9 heteroatoms. The highest BCUT2D eigenvalue weighted by molar-refractivity contribution is 5.95. The Morgan fingerprint density at radius 3 is 2.59 bits per heavy atom. The molecule has 0 unspecified atom stereocenters. The Hall–Kier alpha value is -3.20. The van der Waals surface area contributed by atoms with Gasteiger partial charge in [-0.1, -0.05) is 0 Å². The molecule has 1 aromatic carbocycles. The first-order valence-electron chi connectivity index (χ1n) is 9.39. The quantitative estimate of drug-likeness (QED) is 0.808. The SMILES string of the molecule is NC(=O)[C@H]1CN(c2ccc(-c3ccc(N4CCC(O)CC4)nc3)c(F)c2)C(=O)O1. The van der Waals surface area contributed by atoms with E-state index in [1.165, 1.54) is 11.0 Å². The van der Waals surface area contributed by atoms with Crippen molar-refractivity contribution < 1.29 is 23.8 Å². The molecule has 29 heavy (non-hydrogen) atoms. The number of hydrogen-bond donors (Lipinski definition) is 2. The predicted octanol–water partition coefficient (Wildman–Crippen LogP) is 1.66. The van der Waals surface area contributed by atoms with Crippen molar-refractivity contribution in [1.29, 1.82) is 0 Å². The minimum atomic E-state index is -1.04. The third-order valence-electron chi connectivity index (χ3n) is 5.24. The van der Waals surface area contributed by atoms with E-state index >= 15 is 0 Å². The van der Waals surface area contributed by atoms with Crippen molar-refractivity contribution in [1.82, 2.24) is 4.98 Å². The second-order valence-electron chi connectivity index (χ2n) is 7.17. The highest BCUT2D eigenvalue weighted by Crippen LogP contribution is 2.30. The number of cyclic esters (lactones) is 1. The summed E-state index contributed by atoms with van der Waals surface area (Å²) in [6.45, 7) is 1.41. The van der Waals surface area contributed by atoms with Crippen molar-refractivity contribution in [2.24, 2.45) is 5.73 Å². The van der Waals surface area contributed by atoms with Gasteiger partial charge >= 0.3 is 6.09 Å². The standard InChI is InChI=1S/C20H21FN4O4/c21-16-9-13(25-11-17(19(22)27)29-20(25)28)2-3-15(16)12-1-4-18(23-10-12)24-7-5-14(26)6-8-24/h1-4,9-10,14,17,26H,5-8,11H2,(H2,22,27)/t17-/m1/s1. The van der Waals surface area contributed by atoms with Crippen LogP contribution in [0, 0.1) is 5.82 Å². The van der Waals surface area contributed by atoms with Crippen LogP contribution < -0.4 is 15.5 Å². The van der Waals surface area contributed by atoms with Gasteiger partial charge in [0.25, 0.3) is 5.91 Å². The monoisotopic (exact) mass is 400 g/mol. The van der Waals surface area contributed by atoms with Crippen molar-refractivity contribution in [3.8, 4) is 11.1 Å². The second-order valence-corrected chi connectivity index (χ2v) is 7.17. The summed E-state index contributed by atoms with van der Waals surface area (Å²) in [4.78, 5) is 30.8. The summed E-state index contributed by atoms with van der Waals surface area (Å²) in [6, 6.07) is 7.99. The summed E-state index contributed by atoms with van der Waals surface area (Å²) < 4.78 is 19.6. The van der Waals surface area contributed by atoms with E-state index in [1.54, 1.807) is 24.4 Å². The third kappa shape index (κ3) is 3.86. The van der Waals surface area contributed by atoms with Crippen LogP contribution in [-0.4, -0.2) is 53.9 Å². The summed E-state index contributed by atoms with van der Waals surface area (Å²) >= 11 is 0. The molecule has 2 aliphatic heterocycles. The number of carbonyl (C=O) groups is 2. The molecule has 8 nitrogen and oxygen atoms in total. The molecule has 2 saturated heterocycles. The normalized spacial score (nSPS) is 20.1. The van der Waals surface area contributed by atoms with Gasteiger partial charge in [-0.2, -0.15) is 0 Å². The molecule has 0 aliphatic carbocycles. The number of ether oxygens (including phenoxy) is 1. The third-order valence-corrected chi connectivity index (χ3v) is 5.24. The molecule has 2 amide bonds. The molecular weight excluding hydrogens is 379 g/mol. The first-order chi connectivity index (χ1) is 13.9. The zero-order valence-electron chi connectivity index (χ0n) is 15.6. The van der Waals surface area contributed by atoms with Gasteiger partial charge in [0.1, 0.15) is 11.6 Å². The Kier molecular flexibility index (Phi) is 5.06. The predicted molar refractivity (Wildman–Crippen MR) is 104 cm³/mol. The molecule has 2 aromatic rings. The van der Waals surface area contributed by atoms with E-state index in [2.05, 4.69) is 9.88 Å². The highest BCUT2D eigenvalue weighted by atomic mass is 19.1. The maximum atomic E-state index is 14.7. The zero-order chi connectivity index (χ0) is 20.5. The minimum absolute atomic E-state index is 0.0479. The van der Waals surface area contributed by atoms with Crippen LogP contribution in [0.1, 0.15) is 12.8 Å². The second kappa shape index (κ2) is 7.67. The molecular formula is C20H21FN4O4. The molecule has 152 valence electrons. The summed E-state index contributed by atoms with van der Waals surface area (Å²) in [6.07, 6.45) is 0.969. The van der Waals surface area contributed by atoms with E-state index in [-0.39, 0.29) is 18.3 Å². The van der Waals surface area contributed by atoms with Gasteiger partial charge in [0.15, 0.2) is 6.10 Å². The number of aromatic nitrogens is 1. The molecule has 2 fully saturated rings. The molecule has 0 saturated carbocycles. The van der Waals surface area contributed by atoms with Crippen LogP contribution in [0.2, 0.25) is 0 Å². The van der Waals surface area contributed by atoms with Gasteiger partial charge in [0.05, 0.1) is 18.3 Å². The first-order valence-corrected chi connectivity index (χ1v) is 9.39. The Labute approximate surface area is 166 Å².